The first-order valence-corrected chi connectivity index (χ1v) is 5.54. The molecule has 0 radical (unpaired) electrons. The average Bonchev–Trinajstić information content (AvgIpc) is 2.95. The number of benzene rings is 1. The van der Waals surface area contributed by atoms with E-state index < -0.39 is 10.9 Å². The second kappa shape index (κ2) is 5.39. The molecule has 0 atom stereocenters. The van der Waals surface area contributed by atoms with Crippen LogP contribution < -0.4 is 4.74 Å². The number of carbonyl (C=O) groups is 1. The molecule has 0 amide bonds. The third kappa shape index (κ3) is 2.30. The van der Waals surface area contributed by atoms with Gasteiger partial charge in [-0.25, -0.2) is 4.79 Å². The monoisotopic (exact) mass is 277 g/mol. The maximum absolute atomic E-state index is 11.3. The Labute approximate surface area is 113 Å². The summed E-state index contributed by atoms with van der Waals surface area (Å²) in [4.78, 5) is 22.0. The molecule has 8 heteroatoms. The molecule has 1 aromatic carbocycles. The third-order valence-corrected chi connectivity index (χ3v) is 2.66. The van der Waals surface area contributed by atoms with Gasteiger partial charge in [0.2, 0.25) is 0 Å². The number of ether oxygens (including phenoxy) is 2. The van der Waals surface area contributed by atoms with Crippen molar-refractivity contribution in [1.82, 2.24) is 10.2 Å². The molecule has 0 aliphatic rings. The lowest BCUT2D eigenvalue weighted by Gasteiger charge is -2.04. The summed E-state index contributed by atoms with van der Waals surface area (Å²) in [5.41, 5.74) is 0.411. The predicted molar refractivity (Wildman–Crippen MR) is 68.6 cm³/mol. The molecular formula is C12H11N3O5. The van der Waals surface area contributed by atoms with Crippen molar-refractivity contribution in [2.24, 2.45) is 0 Å². The molecule has 1 N–H and O–H groups in total. The second-order valence-corrected chi connectivity index (χ2v) is 3.77. The number of rotatable bonds is 4. The molecule has 8 nitrogen and oxygen atoms in total. The minimum atomic E-state index is -0.603. The van der Waals surface area contributed by atoms with E-state index in [1.54, 1.807) is 6.07 Å². The summed E-state index contributed by atoms with van der Waals surface area (Å²) in [5.74, 6) is -0.482. The lowest BCUT2D eigenvalue weighted by molar-refractivity contribution is -0.385. The molecule has 104 valence electrons. The van der Waals surface area contributed by atoms with Crippen LogP contribution >= 0.6 is 0 Å². The fourth-order valence-corrected chi connectivity index (χ4v) is 1.76. The largest absolute Gasteiger partial charge is 0.490 e. The van der Waals surface area contributed by atoms with E-state index in [4.69, 9.17) is 4.74 Å². The Morgan fingerprint density at radius 1 is 1.40 bits per heavy atom. The van der Waals surface area contributed by atoms with Crippen LogP contribution in [0.4, 0.5) is 5.69 Å². The number of hydrogen-bond donors (Lipinski definition) is 1. The summed E-state index contributed by atoms with van der Waals surface area (Å²) in [6.07, 6.45) is 0. The Balaban J connectivity index is 2.55. The van der Waals surface area contributed by atoms with E-state index >= 15 is 0 Å². The van der Waals surface area contributed by atoms with E-state index in [9.17, 15) is 14.9 Å². The number of nitro benzene ring substituents is 1. The van der Waals surface area contributed by atoms with Crippen molar-refractivity contribution in [3.63, 3.8) is 0 Å². The van der Waals surface area contributed by atoms with Gasteiger partial charge in [0.05, 0.1) is 30.4 Å². The molecule has 0 unspecified atom stereocenters. The Morgan fingerprint density at radius 3 is 2.75 bits per heavy atom. The van der Waals surface area contributed by atoms with E-state index in [1.807, 2.05) is 0 Å². The van der Waals surface area contributed by atoms with E-state index in [-0.39, 0.29) is 28.4 Å². The van der Waals surface area contributed by atoms with Gasteiger partial charge in [0, 0.05) is 0 Å². The van der Waals surface area contributed by atoms with Gasteiger partial charge in [0.15, 0.2) is 5.75 Å². The van der Waals surface area contributed by atoms with E-state index in [2.05, 4.69) is 14.9 Å². The van der Waals surface area contributed by atoms with Crippen molar-refractivity contribution in [3.05, 3.63) is 40.1 Å². The minimum Gasteiger partial charge on any atom is -0.490 e. The summed E-state index contributed by atoms with van der Waals surface area (Å²) in [7, 11) is 2.58. The highest BCUT2D eigenvalue weighted by Gasteiger charge is 2.24. The highest BCUT2D eigenvalue weighted by molar-refractivity contribution is 5.89. The fraction of sp³-hybridized carbons (Fsp3) is 0.167. The number of nitrogens with zero attached hydrogens (tertiary/aromatic N) is 2. The highest BCUT2D eigenvalue weighted by atomic mass is 16.6. The lowest BCUT2D eigenvalue weighted by atomic mass is 10.1. The van der Waals surface area contributed by atoms with Crippen LogP contribution in [0.25, 0.3) is 11.3 Å². The molecule has 2 rings (SSSR count). The van der Waals surface area contributed by atoms with Crippen LogP contribution in [0.1, 0.15) is 10.5 Å². The van der Waals surface area contributed by atoms with Gasteiger partial charge in [0.1, 0.15) is 5.69 Å². The zero-order valence-electron chi connectivity index (χ0n) is 10.7. The van der Waals surface area contributed by atoms with Crippen molar-refractivity contribution in [2.45, 2.75) is 0 Å². The number of para-hydroxylation sites is 1. The SMILES string of the molecule is COC(=O)c1cc(-c2cccc(OC)c2[N+](=O)[O-])n[nH]1. The summed E-state index contributed by atoms with van der Waals surface area (Å²) < 4.78 is 9.51. The molecule has 0 saturated carbocycles. The van der Waals surface area contributed by atoms with Gasteiger partial charge < -0.3 is 9.47 Å². The van der Waals surface area contributed by atoms with Crippen LogP contribution in [-0.4, -0.2) is 35.3 Å². The smallest absolute Gasteiger partial charge is 0.356 e. The predicted octanol–water partition coefficient (Wildman–Crippen LogP) is 1.78. The molecule has 1 aromatic heterocycles. The molecule has 20 heavy (non-hydrogen) atoms. The van der Waals surface area contributed by atoms with Gasteiger partial charge in [-0.1, -0.05) is 6.07 Å². The number of aromatic amines is 1. The van der Waals surface area contributed by atoms with Crippen molar-refractivity contribution in [1.29, 1.82) is 0 Å². The minimum absolute atomic E-state index is 0.111. The topological polar surface area (TPSA) is 107 Å². The maximum Gasteiger partial charge on any atom is 0.356 e. The fourth-order valence-electron chi connectivity index (χ4n) is 1.76. The number of esters is 1. The molecule has 0 spiro atoms. The molecule has 0 aliphatic carbocycles. The molecule has 0 aliphatic heterocycles. The zero-order chi connectivity index (χ0) is 14.7. The summed E-state index contributed by atoms with van der Waals surface area (Å²) >= 11 is 0. The number of nitro groups is 1. The first-order valence-electron chi connectivity index (χ1n) is 5.54. The van der Waals surface area contributed by atoms with E-state index in [0.717, 1.165) is 0 Å². The average molecular weight is 277 g/mol. The number of carbonyl (C=O) groups excluding carboxylic acids is 1. The van der Waals surface area contributed by atoms with Crippen LogP contribution in [-0.2, 0) is 4.74 Å². The van der Waals surface area contributed by atoms with E-state index in [1.165, 1.54) is 32.4 Å². The van der Waals surface area contributed by atoms with Crippen LogP contribution in [0, 0.1) is 10.1 Å². The normalized spacial score (nSPS) is 10.1. The van der Waals surface area contributed by atoms with Crippen LogP contribution in [0.15, 0.2) is 24.3 Å². The summed E-state index contributed by atoms with van der Waals surface area (Å²) in [5, 5.41) is 17.5. The van der Waals surface area contributed by atoms with Crippen LogP contribution in [0.5, 0.6) is 5.75 Å². The Kier molecular flexibility index (Phi) is 3.65. The zero-order valence-corrected chi connectivity index (χ0v) is 10.7. The van der Waals surface area contributed by atoms with Gasteiger partial charge in [0.25, 0.3) is 0 Å². The Bertz CT molecular complexity index is 665. The number of aromatic nitrogens is 2. The molecule has 0 fully saturated rings. The molecular weight excluding hydrogens is 266 g/mol. The number of nitrogens with one attached hydrogen (secondary N) is 1. The Hall–Kier alpha value is -2.90. The molecule has 0 saturated heterocycles. The van der Waals surface area contributed by atoms with Gasteiger partial charge in [-0.15, -0.1) is 0 Å². The molecule has 2 aromatic rings. The van der Waals surface area contributed by atoms with Crippen molar-refractivity contribution in [2.75, 3.05) is 14.2 Å². The third-order valence-electron chi connectivity index (χ3n) is 2.66. The first-order chi connectivity index (χ1) is 9.58. The molecule has 1 heterocycles. The second-order valence-electron chi connectivity index (χ2n) is 3.77. The molecule has 0 bridgehead atoms. The van der Waals surface area contributed by atoms with Gasteiger partial charge in [-0.3, -0.25) is 15.2 Å². The first kappa shape index (κ1) is 13.5. The van der Waals surface area contributed by atoms with Crippen molar-refractivity contribution >= 4 is 11.7 Å². The van der Waals surface area contributed by atoms with E-state index in [0.29, 0.717) is 0 Å². The number of hydrogen-bond acceptors (Lipinski definition) is 6. The Morgan fingerprint density at radius 2 is 2.15 bits per heavy atom. The maximum atomic E-state index is 11.3. The summed E-state index contributed by atoms with van der Waals surface area (Å²) in [6.45, 7) is 0. The number of methoxy groups -OCH3 is 2. The van der Waals surface area contributed by atoms with Crippen LogP contribution in [0.2, 0.25) is 0 Å². The van der Waals surface area contributed by atoms with Crippen molar-refractivity contribution < 1.29 is 19.2 Å². The van der Waals surface area contributed by atoms with Crippen molar-refractivity contribution in [3.8, 4) is 17.0 Å². The van der Waals surface area contributed by atoms with Gasteiger partial charge in [-0.2, -0.15) is 5.10 Å². The quantitative estimate of drug-likeness (QED) is 0.518. The van der Waals surface area contributed by atoms with Gasteiger partial charge in [-0.05, 0) is 18.2 Å². The van der Waals surface area contributed by atoms with Gasteiger partial charge >= 0.3 is 11.7 Å². The van der Waals surface area contributed by atoms with Crippen LogP contribution in [0.3, 0.4) is 0 Å². The summed E-state index contributed by atoms with van der Waals surface area (Å²) in [6, 6.07) is 5.99. The highest BCUT2D eigenvalue weighted by Crippen LogP contribution is 2.36. The standard InChI is InChI=1S/C12H11N3O5/c1-19-10-5-3-4-7(11(10)15(17)18)8-6-9(14-13-8)12(16)20-2/h3-6H,1-2H3,(H,13,14). The lowest BCUT2D eigenvalue weighted by Crippen LogP contribution is -2.00. The number of H-pyrrole nitrogens is 1.